The summed E-state index contributed by atoms with van der Waals surface area (Å²) in [6, 6.07) is 56.9. The molecular formula is C47H32BNO2. The van der Waals surface area contributed by atoms with Crippen molar-refractivity contribution >= 4 is 61.7 Å². The lowest BCUT2D eigenvalue weighted by atomic mass is 9.34. The van der Waals surface area contributed by atoms with Gasteiger partial charge in [-0.25, -0.2) is 0 Å². The first-order chi connectivity index (χ1) is 25.0. The maximum Gasteiger partial charge on any atom is 0.260 e. The molecule has 240 valence electrons. The predicted molar refractivity (Wildman–Crippen MR) is 211 cm³/mol. The van der Waals surface area contributed by atoms with Crippen LogP contribution in [0.25, 0.3) is 32.7 Å². The maximum atomic E-state index is 6.70. The van der Waals surface area contributed by atoms with Crippen LogP contribution in [0.4, 0.5) is 17.1 Å². The van der Waals surface area contributed by atoms with Crippen LogP contribution < -0.4 is 30.8 Å². The smallest absolute Gasteiger partial charge is 0.260 e. The number of nitrogens with zero attached hydrogens (tertiary/aromatic N) is 1. The summed E-state index contributed by atoms with van der Waals surface area (Å²) in [5.74, 6) is 3.59. The lowest BCUT2D eigenvalue weighted by Crippen LogP contribution is -2.57. The van der Waals surface area contributed by atoms with E-state index in [9.17, 15) is 0 Å². The largest absolute Gasteiger partial charge is 0.458 e. The van der Waals surface area contributed by atoms with Crippen LogP contribution in [0.15, 0.2) is 158 Å². The topological polar surface area (TPSA) is 21.7 Å². The average molecular weight is 654 g/mol. The van der Waals surface area contributed by atoms with Crippen LogP contribution in [-0.2, 0) is 5.41 Å². The van der Waals surface area contributed by atoms with Crippen molar-refractivity contribution in [3.8, 4) is 34.1 Å². The minimum Gasteiger partial charge on any atom is -0.458 e. The highest BCUT2D eigenvalue weighted by Crippen LogP contribution is 2.52. The minimum atomic E-state index is -0.203. The Morgan fingerprint density at radius 2 is 1.04 bits per heavy atom. The fraction of sp³-hybridized carbons (Fsp3) is 0.0638. The summed E-state index contributed by atoms with van der Waals surface area (Å²) in [5.41, 5.74) is 11.9. The summed E-state index contributed by atoms with van der Waals surface area (Å²) in [6.45, 7) is 4.79. The highest BCUT2D eigenvalue weighted by atomic mass is 16.5. The Morgan fingerprint density at radius 3 is 1.86 bits per heavy atom. The zero-order chi connectivity index (χ0) is 33.8. The van der Waals surface area contributed by atoms with Gasteiger partial charge >= 0.3 is 0 Å². The van der Waals surface area contributed by atoms with Gasteiger partial charge in [-0.05, 0) is 128 Å². The fourth-order valence-electron chi connectivity index (χ4n) is 8.81. The SMILES string of the molecule is CC1(C)c2cc3c(cc2-c2cc4ccc(N(c5ccccc5)c5ccc6ccccc6c5)cc4cc21)Oc1cccc2c1B3c1ccccc1O2. The molecule has 0 spiro atoms. The summed E-state index contributed by atoms with van der Waals surface area (Å²) in [6.07, 6.45) is 0. The molecular weight excluding hydrogens is 621 g/mol. The highest BCUT2D eigenvalue weighted by Gasteiger charge is 2.43. The van der Waals surface area contributed by atoms with Gasteiger partial charge in [0.15, 0.2) is 0 Å². The molecule has 8 aromatic rings. The molecule has 0 radical (unpaired) electrons. The second-order valence-electron chi connectivity index (χ2n) is 14.5. The van der Waals surface area contributed by atoms with Gasteiger partial charge in [0, 0.05) is 27.9 Å². The van der Waals surface area contributed by atoms with Crippen molar-refractivity contribution in [2.24, 2.45) is 0 Å². The number of fused-ring (bicyclic) bond motifs is 9. The number of hydrogen-bond donors (Lipinski definition) is 0. The third kappa shape index (κ3) is 4.14. The molecule has 11 rings (SSSR count). The van der Waals surface area contributed by atoms with Gasteiger partial charge in [-0.1, -0.05) is 98.8 Å². The van der Waals surface area contributed by atoms with E-state index in [1.807, 2.05) is 12.1 Å². The summed E-state index contributed by atoms with van der Waals surface area (Å²) >= 11 is 0. The van der Waals surface area contributed by atoms with Crippen LogP contribution in [0.1, 0.15) is 25.0 Å². The molecule has 3 aliphatic rings. The summed E-state index contributed by atoms with van der Waals surface area (Å²) < 4.78 is 13.1. The molecule has 0 fully saturated rings. The lowest BCUT2D eigenvalue weighted by molar-refractivity contribution is 0.464. The Bertz CT molecular complexity index is 2750. The number of benzene rings is 8. The van der Waals surface area contributed by atoms with Gasteiger partial charge in [-0.2, -0.15) is 0 Å². The molecule has 8 aromatic carbocycles. The Labute approximate surface area is 297 Å². The van der Waals surface area contributed by atoms with Crippen molar-refractivity contribution in [2.45, 2.75) is 19.3 Å². The Kier molecular flexibility index (Phi) is 5.82. The van der Waals surface area contributed by atoms with E-state index in [4.69, 9.17) is 9.47 Å². The molecule has 0 bridgehead atoms. The number of anilines is 3. The van der Waals surface area contributed by atoms with Crippen molar-refractivity contribution < 1.29 is 9.47 Å². The van der Waals surface area contributed by atoms with Crippen LogP contribution in [0, 0.1) is 0 Å². The van der Waals surface area contributed by atoms with Crippen LogP contribution in [0.3, 0.4) is 0 Å². The normalized spacial score (nSPS) is 14.1. The molecule has 4 heteroatoms. The molecule has 0 N–H and O–H groups in total. The van der Waals surface area contributed by atoms with Crippen molar-refractivity contribution in [3.05, 3.63) is 169 Å². The van der Waals surface area contributed by atoms with Crippen LogP contribution in [0.5, 0.6) is 23.0 Å². The number of hydrogen-bond acceptors (Lipinski definition) is 3. The lowest BCUT2D eigenvalue weighted by Gasteiger charge is -2.33. The zero-order valence-corrected chi connectivity index (χ0v) is 28.4. The zero-order valence-electron chi connectivity index (χ0n) is 28.4. The van der Waals surface area contributed by atoms with Gasteiger partial charge in [0.25, 0.3) is 6.71 Å². The molecule has 0 atom stereocenters. The van der Waals surface area contributed by atoms with E-state index in [1.165, 1.54) is 54.7 Å². The molecule has 2 heterocycles. The number of para-hydroxylation sites is 2. The molecule has 0 unspecified atom stereocenters. The summed E-state index contributed by atoms with van der Waals surface area (Å²) in [7, 11) is 0. The predicted octanol–water partition coefficient (Wildman–Crippen LogP) is 10.5. The fourth-order valence-corrected chi connectivity index (χ4v) is 8.81. The Hall–Kier alpha value is -6.26. The van der Waals surface area contributed by atoms with Gasteiger partial charge in [0.05, 0.1) is 0 Å². The summed E-state index contributed by atoms with van der Waals surface area (Å²) in [5, 5.41) is 4.91. The first kappa shape index (κ1) is 28.6. The maximum absolute atomic E-state index is 6.70. The number of rotatable bonds is 3. The van der Waals surface area contributed by atoms with E-state index >= 15 is 0 Å². The quantitative estimate of drug-likeness (QED) is 0.177. The van der Waals surface area contributed by atoms with Crippen LogP contribution >= 0.6 is 0 Å². The third-order valence-corrected chi connectivity index (χ3v) is 11.3. The van der Waals surface area contributed by atoms with E-state index in [0.29, 0.717) is 0 Å². The summed E-state index contributed by atoms with van der Waals surface area (Å²) in [4.78, 5) is 2.36. The first-order valence-corrected chi connectivity index (χ1v) is 17.7. The monoisotopic (exact) mass is 653 g/mol. The first-order valence-electron chi connectivity index (χ1n) is 17.7. The third-order valence-electron chi connectivity index (χ3n) is 11.3. The molecule has 1 aliphatic carbocycles. The van der Waals surface area contributed by atoms with Gasteiger partial charge in [0.1, 0.15) is 23.0 Å². The van der Waals surface area contributed by atoms with E-state index in [0.717, 1.165) is 45.5 Å². The molecule has 3 nitrogen and oxygen atoms in total. The second kappa shape index (κ2) is 10.4. The molecule has 0 saturated carbocycles. The number of ether oxygens (including phenoxy) is 2. The van der Waals surface area contributed by atoms with Gasteiger partial charge < -0.3 is 14.4 Å². The average Bonchev–Trinajstić information content (AvgIpc) is 3.37. The Balaban J connectivity index is 1.06. The van der Waals surface area contributed by atoms with Crippen molar-refractivity contribution in [1.82, 2.24) is 0 Å². The van der Waals surface area contributed by atoms with Crippen molar-refractivity contribution in [2.75, 3.05) is 4.90 Å². The minimum absolute atomic E-state index is 0.0513. The van der Waals surface area contributed by atoms with Crippen molar-refractivity contribution in [1.29, 1.82) is 0 Å². The van der Waals surface area contributed by atoms with E-state index in [1.54, 1.807) is 0 Å². The molecule has 0 amide bonds. The van der Waals surface area contributed by atoms with Gasteiger partial charge in [-0.3, -0.25) is 0 Å². The standard InChI is InChI=1S/C47H32BNO2/c1-47(2)38-26-32-24-35(49(33-13-4-3-5-14-33)34-21-19-29-11-6-7-12-30(29)23-34)22-20-31(32)25-36(38)37-27-45-41(28-39(37)47)48-40-15-8-9-16-42(40)50-43-17-10-18-44(51-45)46(43)48/h3-28H,1-2H3. The van der Waals surface area contributed by atoms with Crippen LogP contribution in [-0.4, -0.2) is 6.71 Å². The van der Waals surface area contributed by atoms with Gasteiger partial charge in [-0.15, -0.1) is 0 Å². The Morgan fingerprint density at radius 1 is 0.431 bits per heavy atom. The van der Waals surface area contributed by atoms with E-state index in [-0.39, 0.29) is 12.1 Å². The molecule has 0 aromatic heterocycles. The molecule has 51 heavy (non-hydrogen) atoms. The highest BCUT2D eigenvalue weighted by molar-refractivity contribution is 6.98. The van der Waals surface area contributed by atoms with Crippen LogP contribution in [0.2, 0.25) is 0 Å². The second-order valence-corrected chi connectivity index (χ2v) is 14.5. The molecule has 0 saturated heterocycles. The molecule has 2 aliphatic heterocycles. The van der Waals surface area contributed by atoms with Gasteiger partial charge in [0.2, 0.25) is 0 Å². The van der Waals surface area contributed by atoms with Crippen molar-refractivity contribution in [3.63, 3.8) is 0 Å². The van der Waals surface area contributed by atoms with E-state index in [2.05, 4.69) is 164 Å². The van der Waals surface area contributed by atoms with E-state index < -0.39 is 0 Å².